The van der Waals surface area contributed by atoms with Gasteiger partial charge in [-0.2, -0.15) is 0 Å². The Balaban J connectivity index is 1.15. The molecule has 0 fully saturated rings. The number of benzene rings is 9. The highest BCUT2D eigenvalue weighted by Gasteiger charge is 2.39. The number of rotatable bonds is 3. The molecule has 1 aliphatic carbocycles. The van der Waals surface area contributed by atoms with Crippen LogP contribution in [0.1, 0.15) is 25.0 Å². The lowest BCUT2D eigenvalue weighted by Crippen LogP contribution is -2.15. The standard InChI is InChI=1S/C51H34S/c1-51(2)43-30-42(47-40-22-12-13-23-44(40)52-50(47)48(43)41-29-28-31-14-6-7-17-35(31)49(41)51)32-24-26-34(27-25-32)46-38-20-10-8-18-36(38)45(33-15-4-3-5-16-33)37-19-9-11-21-39(37)46/h3-30H,1-2H3. The second-order valence-corrected chi connectivity index (χ2v) is 15.8. The SMILES string of the molecule is CC1(C)c2cc(-c3ccc(-c4c5ccccc5c(-c5ccccc5)c5ccccc45)cc3)c3c(sc4ccccc43)c2-c2ccc3ccccc3c21. The van der Waals surface area contributed by atoms with Gasteiger partial charge in [0.25, 0.3) is 0 Å². The summed E-state index contributed by atoms with van der Waals surface area (Å²) in [7, 11) is 0. The third-order valence-corrected chi connectivity index (χ3v) is 12.8. The van der Waals surface area contributed by atoms with Crippen LogP contribution in [0.5, 0.6) is 0 Å². The van der Waals surface area contributed by atoms with Crippen molar-refractivity contribution in [1.29, 1.82) is 0 Å². The fourth-order valence-electron chi connectivity index (χ4n) is 9.35. The van der Waals surface area contributed by atoms with Gasteiger partial charge in [-0.15, -0.1) is 11.3 Å². The van der Waals surface area contributed by atoms with Crippen LogP contribution in [0.25, 0.3) is 97.0 Å². The summed E-state index contributed by atoms with van der Waals surface area (Å²) in [5, 5.41) is 10.5. The summed E-state index contributed by atoms with van der Waals surface area (Å²) in [6.07, 6.45) is 0. The van der Waals surface area contributed by atoms with Gasteiger partial charge >= 0.3 is 0 Å². The summed E-state index contributed by atoms with van der Waals surface area (Å²) >= 11 is 1.95. The largest absolute Gasteiger partial charge is 0.134 e. The zero-order valence-electron chi connectivity index (χ0n) is 29.1. The maximum absolute atomic E-state index is 2.53. The van der Waals surface area contributed by atoms with Crippen LogP contribution in [0.15, 0.2) is 170 Å². The Kier molecular flexibility index (Phi) is 6.27. The molecule has 0 bridgehead atoms. The van der Waals surface area contributed by atoms with Gasteiger partial charge in [0.05, 0.1) is 0 Å². The lowest BCUT2D eigenvalue weighted by molar-refractivity contribution is 0.667. The summed E-state index contributed by atoms with van der Waals surface area (Å²) in [6, 6.07) is 63.2. The molecule has 1 heterocycles. The first-order chi connectivity index (χ1) is 25.6. The molecule has 0 spiro atoms. The number of hydrogen-bond donors (Lipinski definition) is 0. The Morgan fingerprint density at radius 1 is 0.404 bits per heavy atom. The smallest absolute Gasteiger partial charge is 0.0443 e. The van der Waals surface area contributed by atoms with Crippen LogP contribution in [0.4, 0.5) is 0 Å². The summed E-state index contributed by atoms with van der Waals surface area (Å²) < 4.78 is 2.74. The number of hydrogen-bond acceptors (Lipinski definition) is 1. The minimum absolute atomic E-state index is 0.136. The molecule has 10 aromatic rings. The lowest BCUT2D eigenvalue weighted by atomic mass is 9.79. The second kappa shape index (κ2) is 11.0. The van der Waals surface area contributed by atoms with Crippen LogP contribution >= 0.6 is 11.3 Å². The van der Waals surface area contributed by atoms with Gasteiger partial charge in [-0.05, 0) is 94.5 Å². The van der Waals surface area contributed by atoms with E-state index in [0.717, 1.165) is 0 Å². The minimum Gasteiger partial charge on any atom is -0.134 e. The third-order valence-electron chi connectivity index (χ3n) is 11.6. The Hall–Kier alpha value is -6.02. The molecule has 0 amide bonds. The van der Waals surface area contributed by atoms with Gasteiger partial charge in [-0.25, -0.2) is 0 Å². The zero-order chi connectivity index (χ0) is 34.6. The normalized spacial score (nSPS) is 13.3. The fourth-order valence-corrected chi connectivity index (χ4v) is 10.6. The Bertz CT molecular complexity index is 3010. The van der Waals surface area contributed by atoms with E-state index in [2.05, 4.69) is 184 Å². The average Bonchev–Trinajstić information content (AvgIpc) is 3.69. The third kappa shape index (κ3) is 4.09. The van der Waals surface area contributed by atoms with Crippen LogP contribution < -0.4 is 0 Å². The molecule has 52 heavy (non-hydrogen) atoms. The zero-order valence-corrected chi connectivity index (χ0v) is 29.9. The molecular weight excluding hydrogens is 645 g/mol. The van der Waals surface area contributed by atoms with Gasteiger partial charge in [0.15, 0.2) is 0 Å². The van der Waals surface area contributed by atoms with Crippen molar-refractivity contribution in [2.75, 3.05) is 0 Å². The fraction of sp³-hybridized carbons (Fsp3) is 0.0588. The first-order valence-electron chi connectivity index (χ1n) is 18.2. The molecule has 0 N–H and O–H groups in total. The van der Waals surface area contributed by atoms with Crippen molar-refractivity contribution >= 4 is 63.8 Å². The van der Waals surface area contributed by atoms with E-state index >= 15 is 0 Å². The van der Waals surface area contributed by atoms with Crippen molar-refractivity contribution in [2.24, 2.45) is 0 Å². The van der Waals surface area contributed by atoms with E-state index in [1.807, 2.05) is 11.3 Å². The molecule has 0 radical (unpaired) electrons. The van der Waals surface area contributed by atoms with Crippen molar-refractivity contribution in [3.05, 3.63) is 181 Å². The van der Waals surface area contributed by atoms with E-state index in [4.69, 9.17) is 0 Å². The topological polar surface area (TPSA) is 0 Å². The van der Waals surface area contributed by atoms with Crippen molar-refractivity contribution in [3.8, 4) is 44.5 Å². The van der Waals surface area contributed by atoms with Crippen molar-refractivity contribution in [2.45, 2.75) is 19.3 Å². The predicted molar refractivity (Wildman–Crippen MR) is 226 cm³/mol. The van der Waals surface area contributed by atoms with E-state index in [-0.39, 0.29) is 5.41 Å². The molecule has 0 saturated heterocycles. The van der Waals surface area contributed by atoms with Crippen molar-refractivity contribution in [1.82, 2.24) is 0 Å². The summed E-state index contributed by atoms with van der Waals surface area (Å²) in [5.74, 6) is 0. The van der Waals surface area contributed by atoms with Crippen molar-refractivity contribution in [3.63, 3.8) is 0 Å². The van der Waals surface area contributed by atoms with Crippen molar-refractivity contribution < 1.29 is 0 Å². The molecule has 1 aliphatic rings. The molecule has 9 aromatic carbocycles. The Morgan fingerprint density at radius 2 is 0.923 bits per heavy atom. The van der Waals surface area contributed by atoms with Gasteiger partial charge in [0.2, 0.25) is 0 Å². The average molecular weight is 679 g/mol. The number of thiophene rings is 1. The van der Waals surface area contributed by atoms with Gasteiger partial charge in [-0.1, -0.05) is 172 Å². The first-order valence-corrected chi connectivity index (χ1v) is 19.0. The maximum Gasteiger partial charge on any atom is 0.0443 e. The molecule has 0 saturated carbocycles. The second-order valence-electron chi connectivity index (χ2n) is 14.8. The Labute approximate surface area is 307 Å². The summed E-state index contributed by atoms with van der Waals surface area (Å²) in [4.78, 5) is 0. The van der Waals surface area contributed by atoms with Crippen LogP contribution in [-0.2, 0) is 5.41 Å². The molecule has 0 nitrogen and oxygen atoms in total. The maximum atomic E-state index is 2.53. The molecular formula is C51H34S. The highest BCUT2D eigenvalue weighted by atomic mass is 32.1. The number of fused-ring (bicyclic) bond motifs is 11. The quantitative estimate of drug-likeness (QED) is 0.163. The van der Waals surface area contributed by atoms with Gasteiger partial charge in [-0.3, -0.25) is 0 Å². The predicted octanol–water partition coefficient (Wildman–Crippen LogP) is 14.8. The van der Waals surface area contributed by atoms with Gasteiger partial charge in [0, 0.05) is 31.2 Å². The minimum atomic E-state index is -0.136. The molecule has 244 valence electrons. The highest BCUT2D eigenvalue weighted by Crippen LogP contribution is 2.57. The monoisotopic (exact) mass is 678 g/mol. The molecule has 0 aliphatic heterocycles. The molecule has 0 atom stereocenters. The molecule has 1 heteroatoms. The molecule has 11 rings (SSSR count). The van der Waals surface area contributed by atoms with Gasteiger partial charge < -0.3 is 0 Å². The first kappa shape index (κ1) is 29.7. The van der Waals surface area contributed by atoms with Gasteiger partial charge in [0.1, 0.15) is 0 Å². The van der Waals surface area contributed by atoms with E-state index in [1.54, 1.807) is 0 Å². The highest BCUT2D eigenvalue weighted by molar-refractivity contribution is 7.26. The molecule has 1 aromatic heterocycles. The summed E-state index contributed by atoms with van der Waals surface area (Å²) in [6.45, 7) is 4.84. The van der Waals surface area contributed by atoms with Crippen LogP contribution in [0, 0.1) is 0 Å². The van der Waals surface area contributed by atoms with Crippen LogP contribution in [0.2, 0.25) is 0 Å². The van der Waals surface area contributed by atoms with E-state index in [0.29, 0.717) is 0 Å². The molecule has 0 unspecified atom stereocenters. The van der Waals surface area contributed by atoms with E-state index in [9.17, 15) is 0 Å². The van der Waals surface area contributed by atoms with E-state index in [1.165, 1.54) is 108 Å². The van der Waals surface area contributed by atoms with Crippen LogP contribution in [0.3, 0.4) is 0 Å². The summed E-state index contributed by atoms with van der Waals surface area (Å²) in [5.41, 5.74) is 13.2. The Morgan fingerprint density at radius 3 is 1.58 bits per heavy atom. The lowest BCUT2D eigenvalue weighted by Gasteiger charge is -2.24. The van der Waals surface area contributed by atoms with E-state index < -0.39 is 0 Å². The van der Waals surface area contributed by atoms with Crippen LogP contribution in [-0.4, -0.2) is 0 Å².